The van der Waals surface area contributed by atoms with Gasteiger partial charge in [-0.1, -0.05) is 11.6 Å². The summed E-state index contributed by atoms with van der Waals surface area (Å²) in [5.41, 5.74) is 0.431. The van der Waals surface area contributed by atoms with Gasteiger partial charge in [-0.15, -0.1) is 0 Å². The van der Waals surface area contributed by atoms with Crippen molar-refractivity contribution in [1.82, 2.24) is 4.90 Å². The second-order valence-electron chi connectivity index (χ2n) is 5.64. The van der Waals surface area contributed by atoms with Gasteiger partial charge in [0.2, 0.25) is 0 Å². The highest BCUT2D eigenvalue weighted by atomic mass is 35.5. The Morgan fingerprint density at radius 3 is 2.53 bits per heavy atom. The Bertz CT molecular complexity index is 442. The fourth-order valence-corrected chi connectivity index (χ4v) is 2.95. The lowest BCUT2D eigenvalue weighted by molar-refractivity contribution is 0.0000811. The number of aliphatic hydroxyl groups is 1. The second kappa shape index (κ2) is 5.70. The predicted octanol–water partition coefficient (Wildman–Crippen LogP) is 3.26. The molecule has 1 N–H and O–H groups in total. The molecule has 0 saturated carbocycles. The van der Waals surface area contributed by atoms with Crippen LogP contribution in [0.3, 0.4) is 0 Å². The highest BCUT2D eigenvalue weighted by molar-refractivity contribution is 6.30. The summed E-state index contributed by atoms with van der Waals surface area (Å²) in [5, 5.41) is 11.4. The monoisotopic (exact) mass is 283 g/mol. The molecule has 1 fully saturated rings. The molecule has 1 aromatic rings. The molecular formula is C15H22ClNO2. The van der Waals surface area contributed by atoms with E-state index in [4.69, 9.17) is 16.3 Å². The lowest BCUT2D eigenvalue weighted by Crippen LogP contribution is -2.46. The normalized spacial score (nSPS) is 18.6. The summed E-state index contributed by atoms with van der Waals surface area (Å²) in [6.07, 6.45) is 1.77. The molecule has 0 amide bonds. The molecule has 1 aromatic carbocycles. The van der Waals surface area contributed by atoms with Crippen LogP contribution in [0.4, 0.5) is 0 Å². The summed E-state index contributed by atoms with van der Waals surface area (Å²) in [6.45, 7) is 6.21. The van der Waals surface area contributed by atoms with Crippen LogP contribution in [0.2, 0.25) is 5.02 Å². The molecule has 1 aliphatic heterocycles. The van der Waals surface area contributed by atoms with Gasteiger partial charge < -0.3 is 9.84 Å². The molecule has 1 aliphatic rings. The summed E-state index contributed by atoms with van der Waals surface area (Å²) in [7, 11) is 1.61. The van der Waals surface area contributed by atoms with E-state index in [2.05, 4.69) is 18.7 Å². The highest BCUT2D eigenvalue weighted by Gasteiger charge is 2.37. The zero-order valence-corrected chi connectivity index (χ0v) is 12.6. The van der Waals surface area contributed by atoms with Crippen molar-refractivity contribution in [2.24, 2.45) is 0 Å². The standard InChI is InChI=1S/C15H22ClNO2/c1-15(2,17-8-4-5-9-17)14(18)12-10-11(16)6-7-13(12)19-3/h6-7,10,14,18H,4-5,8-9H2,1-3H3. The predicted molar refractivity (Wildman–Crippen MR) is 77.8 cm³/mol. The average molecular weight is 284 g/mol. The molecule has 1 unspecified atom stereocenters. The molecule has 106 valence electrons. The third-order valence-electron chi connectivity index (χ3n) is 4.08. The van der Waals surface area contributed by atoms with Crippen LogP contribution in [0.15, 0.2) is 18.2 Å². The SMILES string of the molecule is COc1ccc(Cl)cc1C(O)C(C)(C)N1CCCC1. The van der Waals surface area contributed by atoms with Gasteiger partial charge in [-0.05, 0) is 58.0 Å². The lowest BCUT2D eigenvalue weighted by atomic mass is 9.89. The number of hydrogen-bond donors (Lipinski definition) is 1. The van der Waals surface area contributed by atoms with Crippen molar-refractivity contribution in [1.29, 1.82) is 0 Å². The zero-order valence-electron chi connectivity index (χ0n) is 11.8. The molecular weight excluding hydrogens is 262 g/mol. The van der Waals surface area contributed by atoms with Crippen LogP contribution in [0.5, 0.6) is 5.75 Å². The van der Waals surface area contributed by atoms with E-state index < -0.39 is 6.10 Å². The maximum Gasteiger partial charge on any atom is 0.124 e. The van der Waals surface area contributed by atoms with E-state index in [9.17, 15) is 5.11 Å². The summed E-state index contributed by atoms with van der Waals surface area (Å²) in [6, 6.07) is 5.38. The average Bonchev–Trinajstić information content (AvgIpc) is 2.92. The summed E-state index contributed by atoms with van der Waals surface area (Å²) < 4.78 is 5.34. The molecule has 0 radical (unpaired) electrons. The van der Waals surface area contributed by atoms with Crippen LogP contribution in [-0.4, -0.2) is 35.7 Å². The zero-order chi connectivity index (χ0) is 14.0. The van der Waals surface area contributed by atoms with E-state index in [1.54, 1.807) is 25.3 Å². The summed E-state index contributed by atoms with van der Waals surface area (Å²) >= 11 is 6.05. The van der Waals surface area contributed by atoms with Gasteiger partial charge in [0, 0.05) is 16.1 Å². The minimum atomic E-state index is -0.626. The Hall–Kier alpha value is -0.770. The van der Waals surface area contributed by atoms with Crippen molar-refractivity contribution < 1.29 is 9.84 Å². The first-order valence-electron chi connectivity index (χ1n) is 6.73. The van der Waals surface area contributed by atoms with Crippen LogP contribution in [0.1, 0.15) is 38.4 Å². The molecule has 3 nitrogen and oxygen atoms in total. The number of benzene rings is 1. The number of rotatable bonds is 4. The van der Waals surface area contributed by atoms with Crippen molar-refractivity contribution in [3.63, 3.8) is 0 Å². The Morgan fingerprint density at radius 2 is 1.95 bits per heavy atom. The van der Waals surface area contributed by atoms with Gasteiger partial charge in [0.05, 0.1) is 7.11 Å². The molecule has 1 heterocycles. The van der Waals surface area contributed by atoms with E-state index in [1.807, 2.05) is 0 Å². The molecule has 0 aromatic heterocycles. The van der Waals surface area contributed by atoms with Gasteiger partial charge in [-0.25, -0.2) is 0 Å². The smallest absolute Gasteiger partial charge is 0.124 e. The van der Waals surface area contributed by atoms with E-state index in [0.29, 0.717) is 10.8 Å². The lowest BCUT2D eigenvalue weighted by Gasteiger charge is -2.40. The molecule has 1 atom stereocenters. The highest BCUT2D eigenvalue weighted by Crippen LogP contribution is 2.38. The maximum atomic E-state index is 10.8. The van der Waals surface area contributed by atoms with E-state index >= 15 is 0 Å². The quantitative estimate of drug-likeness (QED) is 0.921. The molecule has 19 heavy (non-hydrogen) atoms. The van der Waals surface area contributed by atoms with Gasteiger partial charge in [0.1, 0.15) is 11.9 Å². The first-order chi connectivity index (χ1) is 8.96. The third-order valence-corrected chi connectivity index (χ3v) is 4.31. The van der Waals surface area contributed by atoms with E-state index in [1.165, 1.54) is 12.8 Å². The maximum absolute atomic E-state index is 10.8. The van der Waals surface area contributed by atoms with Crippen LogP contribution in [0, 0.1) is 0 Å². The van der Waals surface area contributed by atoms with Crippen molar-refractivity contribution in [2.45, 2.75) is 38.3 Å². The van der Waals surface area contributed by atoms with Crippen molar-refractivity contribution >= 4 is 11.6 Å². The fraction of sp³-hybridized carbons (Fsp3) is 0.600. The number of methoxy groups -OCH3 is 1. The minimum Gasteiger partial charge on any atom is -0.496 e. The number of nitrogens with zero attached hydrogens (tertiary/aromatic N) is 1. The van der Waals surface area contributed by atoms with Crippen molar-refractivity contribution in [3.05, 3.63) is 28.8 Å². The molecule has 0 aliphatic carbocycles. The van der Waals surface area contributed by atoms with E-state index in [0.717, 1.165) is 18.7 Å². The topological polar surface area (TPSA) is 32.7 Å². The van der Waals surface area contributed by atoms with Crippen molar-refractivity contribution in [2.75, 3.05) is 20.2 Å². The Morgan fingerprint density at radius 1 is 1.32 bits per heavy atom. The van der Waals surface area contributed by atoms with Crippen LogP contribution >= 0.6 is 11.6 Å². The minimum absolute atomic E-state index is 0.325. The first-order valence-corrected chi connectivity index (χ1v) is 7.11. The van der Waals surface area contributed by atoms with Gasteiger partial charge in [0.25, 0.3) is 0 Å². The number of ether oxygens (including phenoxy) is 1. The molecule has 0 bridgehead atoms. The number of halogens is 1. The molecule has 1 saturated heterocycles. The number of hydrogen-bond acceptors (Lipinski definition) is 3. The summed E-state index contributed by atoms with van der Waals surface area (Å²) in [5.74, 6) is 0.684. The summed E-state index contributed by atoms with van der Waals surface area (Å²) in [4.78, 5) is 2.33. The van der Waals surface area contributed by atoms with Gasteiger partial charge >= 0.3 is 0 Å². The van der Waals surface area contributed by atoms with Gasteiger partial charge in [-0.2, -0.15) is 0 Å². The molecule has 2 rings (SSSR count). The van der Waals surface area contributed by atoms with Crippen LogP contribution in [-0.2, 0) is 0 Å². The van der Waals surface area contributed by atoms with Gasteiger partial charge in [-0.3, -0.25) is 4.90 Å². The number of aliphatic hydroxyl groups excluding tert-OH is 1. The molecule has 0 spiro atoms. The fourth-order valence-electron chi connectivity index (χ4n) is 2.77. The third kappa shape index (κ3) is 2.88. The Balaban J connectivity index is 2.31. The van der Waals surface area contributed by atoms with Gasteiger partial charge in [0.15, 0.2) is 0 Å². The Kier molecular flexibility index (Phi) is 4.39. The first kappa shape index (κ1) is 14.6. The van der Waals surface area contributed by atoms with Crippen LogP contribution in [0.25, 0.3) is 0 Å². The second-order valence-corrected chi connectivity index (χ2v) is 6.07. The number of likely N-dealkylation sites (tertiary alicyclic amines) is 1. The van der Waals surface area contributed by atoms with Crippen molar-refractivity contribution in [3.8, 4) is 5.75 Å². The largest absolute Gasteiger partial charge is 0.496 e. The molecule has 4 heteroatoms. The van der Waals surface area contributed by atoms with E-state index in [-0.39, 0.29) is 5.54 Å². The van der Waals surface area contributed by atoms with Crippen LogP contribution < -0.4 is 4.74 Å². The Labute approximate surface area is 120 Å².